The molecule has 2 aromatic rings. The van der Waals surface area contributed by atoms with Gasteiger partial charge in [0.25, 0.3) is 0 Å². The molecule has 1 unspecified atom stereocenters. The van der Waals surface area contributed by atoms with Crippen LogP contribution in [0.25, 0.3) is 11.5 Å². The Labute approximate surface area is 106 Å². The summed E-state index contributed by atoms with van der Waals surface area (Å²) >= 11 is 3.22. The molecule has 0 aliphatic heterocycles. The van der Waals surface area contributed by atoms with Gasteiger partial charge in [0.2, 0.25) is 11.8 Å². The summed E-state index contributed by atoms with van der Waals surface area (Å²) in [6.45, 7) is 1.90. The van der Waals surface area contributed by atoms with Gasteiger partial charge in [-0.05, 0) is 32.2 Å². The van der Waals surface area contributed by atoms with Crippen molar-refractivity contribution in [3.8, 4) is 11.5 Å². The lowest BCUT2D eigenvalue weighted by atomic mass is 10.2. The summed E-state index contributed by atoms with van der Waals surface area (Å²) in [5.74, 6) is 0.431. The molecule has 0 spiro atoms. The average Bonchev–Trinajstić information content (AvgIpc) is 2.76. The van der Waals surface area contributed by atoms with Gasteiger partial charge in [0.15, 0.2) is 0 Å². The number of hydrogen-bond donors (Lipinski definition) is 1. The van der Waals surface area contributed by atoms with Gasteiger partial charge in [-0.1, -0.05) is 15.9 Å². The van der Waals surface area contributed by atoms with Gasteiger partial charge in [0, 0.05) is 10.0 Å². The van der Waals surface area contributed by atoms with Crippen molar-refractivity contribution in [3.63, 3.8) is 0 Å². The molecule has 0 aliphatic rings. The van der Waals surface area contributed by atoms with Crippen molar-refractivity contribution in [1.82, 2.24) is 15.5 Å². The van der Waals surface area contributed by atoms with E-state index in [9.17, 15) is 4.39 Å². The highest BCUT2D eigenvalue weighted by Gasteiger charge is 2.14. The van der Waals surface area contributed by atoms with E-state index < -0.39 is 0 Å². The summed E-state index contributed by atoms with van der Waals surface area (Å²) in [4.78, 5) is 0. The molecule has 1 aromatic heterocycles. The average molecular weight is 300 g/mol. The zero-order valence-electron chi connectivity index (χ0n) is 9.37. The van der Waals surface area contributed by atoms with Crippen LogP contribution in [0.5, 0.6) is 0 Å². The number of aromatic nitrogens is 2. The lowest BCUT2D eigenvalue weighted by Crippen LogP contribution is -2.12. The standard InChI is InChI=1S/C11H11BrFN3O/c1-6(14-2)10-15-16-11(17-10)7-3-8(12)5-9(13)4-7/h3-6,14H,1-2H3. The second-order valence-electron chi connectivity index (χ2n) is 3.61. The van der Waals surface area contributed by atoms with Gasteiger partial charge in [-0.3, -0.25) is 0 Å². The van der Waals surface area contributed by atoms with Crippen molar-refractivity contribution in [2.24, 2.45) is 0 Å². The van der Waals surface area contributed by atoms with Crippen LogP contribution in [0.15, 0.2) is 27.1 Å². The fraction of sp³-hybridized carbons (Fsp3) is 0.273. The van der Waals surface area contributed by atoms with Crippen molar-refractivity contribution in [3.05, 3.63) is 34.4 Å². The van der Waals surface area contributed by atoms with Crippen LogP contribution in [0.3, 0.4) is 0 Å². The first-order valence-electron chi connectivity index (χ1n) is 5.07. The van der Waals surface area contributed by atoms with Crippen molar-refractivity contribution in [1.29, 1.82) is 0 Å². The molecule has 6 heteroatoms. The topological polar surface area (TPSA) is 51.0 Å². The van der Waals surface area contributed by atoms with Gasteiger partial charge in [0.05, 0.1) is 6.04 Å². The number of nitrogens with zero attached hydrogens (tertiary/aromatic N) is 2. The minimum Gasteiger partial charge on any atom is -0.419 e. The highest BCUT2D eigenvalue weighted by Crippen LogP contribution is 2.24. The molecule has 90 valence electrons. The molecule has 17 heavy (non-hydrogen) atoms. The minimum absolute atomic E-state index is 0.0340. The number of halogens is 2. The normalized spacial score (nSPS) is 12.7. The molecule has 2 rings (SSSR count). The Balaban J connectivity index is 2.36. The third-order valence-corrected chi connectivity index (χ3v) is 2.81. The fourth-order valence-corrected chi connectivity index (χ4v) is 1.79. The second kappa shape index (κ2) is 4.93. The number of hydrogen-bond acceptors (Lipinski definition) is 4. The molecule has 4 nitrogen and oxygen atoms in total. The van der Waals surface area contributed by atoms with E-state index in [-0.39, 0.29) is 11.9 Å². The summed E-state index contributed by atoms with van der Waals surface area (Å²) in [6, 6.07) is 4.42. The predicted octanol–water partition coefficient (Wildman–Crippen LogP) is 2.92. The molecule has 0 aliphatic carbocycles. The highest BCUT2D eigenvalue weighted by molar-refractivity contribution is 9.10. The van der Waals surface area contributed by atoms with Gasteiger partial charge in [-0.15, -0.1) is 10.2 Å². The quantitative estimate of drug-likeness (QED) is 0.947. The molecular weight excluding hydrogens is 289 g/mol. The highest BCUT2D eigenvalue weighted by atomic mass is 79.9. The SMILES string of the molecule is CNC(C)c1nnc(-c2cc(F)cc(Br)c2)o1. The largest absolute Gasteiger partial charge is 0.419 e. The van der Waals surface area contributed by atoms with Crippen LogP contribution in [-0.2, 0) is 0 Å². The van der Waals surface area contributed by atoms with Gasteiger partial charge >= 0.3 is 0 Å². The first kappa shape index (κ1) is 12.2. The molecule has 0 saturated carbocycles. The Bertz CT molecular complexity index is 509. The van der Waals surface area contributed by atoms with Crippen LogP contribution in [-0.4, -0.2) is 17.2 Å². The molecule has 0 radical (unpaired) electrons. The Morgan fingerprint density at radius 2 is 2.12 bits per heavy atom. The monoisotopic (exact) mass is 299 g/mol. The summed E-state index contributed by atoms with van der Waals surface area (Å²) in [5.41, 5.74) is 0.555. The Morgan fingerprint density at radius 1 is 1.35 bits per heavy atom. The van der Waals surface area contributed by atoms with E-state index in [1.54, 1.807) is 13.1 Å². The molecule has 1 aromatic carbocycles. The Kier molecular flexibility index (Phi) is 3.54. The van der Waals surface area contributed by atoms with Crippen molar-refractivity contribution in [2.75, 3.05) is 7.05 Å². The summed E-state index contributed by atoms with van der Waals surface area (Å²) in [7, 11) is 1.80. The number of rotatable bonds is 3. The summed E-state index contributed by atoms with van der Waals surface area (Å²) in [6.07, 6.45) is 0. The summed E-state index contributed by atoms with van der Waals surface area (Å²) in [5, 5.41) is 10.8. The van der Waals surface area contributed by atoms with Crippen LogP contribution in [0.1, 0.15) is 18.9 Å². The molecule has 1 N–H and O–H groups in total. The van der Waals surface area contributed by atoms with Crippen LogP contribution in [0.4, 0.5) is 4.39 Å². The van der Waals surface area contributed by atoms with E-state index in [2.05, 4.69) is 31.4 Å². The molecule has 0 fully saturated rings. The van der Waals surface area contributed by atoms with E-state index in [0.29, 0.717) is 21.8 Å². The third-order valence-electron chi connectivity index (χ3n) is 2.35. The third kappa shape index (κ3) is 2.70. The van der Waals surface area contributed by atoms with Crippen molar-refractivity contribution in [2.45, 2.75) is 13.0 Å². The van der Waals surface area contributed by atoms with Crippen LogP contribution in [0, 0.1) is 5.82 Å². The first-order chi connectivity index (χ1) is 8.10. The van der Waals surface area contributed by atoms with Gasteiger partial charge < -0.3 is 9.73 Å². The Morgan fingerprint density at radius 3 is 2.76 bits per heavy atom. The molecular formula is C11H11BrFN3O. The molecule has 0 saturated heterocycles. The molecule has 1 heterocycles. The van der Waals surface area contributed by atoms with E-state index in [4.69, 9.17) is 4.42 Å². The maximum absolute atomic E-state index is 13.2. The molecule has 1 atom stereocenters. The maximum atomic E-state index is 13.2. The van der Waals surface area contributed by atoms with Gasteiger partial charge in [-0.2, -0.15) is 0 Å². The smallest absolute Gasteiger partial charge is 0.247 e. The summed E-state index contributed by atoms with van der Waals surface area (Å²) < 4.78 is 19.3. The van der Waals surface area contributed by atoms with E-state index in [1.165, 1.54) is 12.1 Å². The number of benzene rings is 1. The first-order valence-corrected chi connectivity index (χ1v) is 5.86. The van der Waals surface area contributed by atoms with Crippen LogP contribution < -0.4 is 5.32 Å². The predicted molar refractivity (Wildman–Crippen MR) is 64.9 cm³/mol. The lowest BCUT2D eigenvalue weighted by Gasteiger charge is -2.02. The van der Waals surface area contributed by atoms with Crippen LogP contribution in [0.2, 0.25) is 0 Å². The van der Waals surface area contributed by atoms with E-state index in [0.717, 1.165) is 0 Å². The molecule has 0 amide bonds. The maximum Gasteiger partial charge on any atom is 0.247 e. The van der Waals surface area contributed by atoms with Gasteiger partial charge in [0.1, 0.15) is 5.82 Å². The molecule has 0 bridgehead atoms. The number of nitrogens with one attached hydrogen (secondary N) is 1. The van der Waals surface area contributed by atoms with Crippen molar-refractivity contribution < 1.29 is 8.81 Å². The lowest BCUT2D eigenvalue weighted by molar-refractivity contribution is 0.441. The zero-order chi connectivity index (χ0) is 12.4. The van der Waals surface area contributed by atoms with Gasteiger partial charge in [-0.25, -0.2) is 4.39 Å². The minimum atomic E-state index is -0.351. The zero-order valence-corrected chi connectivity index (χ0v) is 11.0. The van der Waals surface area contributed by atoms with E-state index in [1.807, 2.05) is 6.92 Å². The second-order valence-corrected chi connectivity index (χ2v) is 4.53. The Hall–Kier alpha value is -1.27. The van der Waals surface area contributed by atoms with Crippen molar-refractivity contribution >= 4 is 15.9 Å². The fourth-order valence-electron chi connectivity index (χ4n) is 1.33. The van der Waals surface area contributed by atoms with E-state index >= 15 is 0 Å². The van der Waals surface area contributed by atoms with Crippen LogP contribution >= 0.6 is 15.9 Å².